The number of nitrogens with zero attached hydrogens (tertiary/aromatic N) is 1. The van der Waals surface area contributed by atoms with Crippen molar-refractivity contribution < 1.29 is 34.2 Å². The molecule has 0 radical (unpaired) electrons. The number of allylic oxidation sites excluding steroid dienone is 2. The van der Waals surface area contributed by atoms with Crippen LogP contribution in [0.4, 0.5) is 0 Å². The van der Waals surface area contributed by atoms with E-state index in [9.17, 15) is 29.7 Å². The second kappa shape index (κ2) is 15.0. The van der Waals surface area contributed by atoms with Crippen LogP contribution in [0, 0.1) is 11.8 Å². The van der Waals surface area contributed by atoms with Crippen molar-refractivity contribution in [2.24, 2.45) is 11.8 Å². The number of amides is 1. The Morgan fingerprint density at radius 3 is 2.14 bits per heavy atom. The maximum atomic E-state index is 12.0. The first kappa shape index (κ1) is 27.1. The van der Waals surface area contributed by atoms with Gasteiger partial charge in [-0.15, -0.1) is 0 Å². The minimum Gasteiger partial charge on any atom is -0.550 e. The SMILES string of the molecule is CC/C=C/CCC(=O)NCC[N+](CCO)(CC(CC)C(=O)[O-])CC(CC)C(=O)O. The van der Waals surface area contributed by atoms with Gasteiger partial charge in [-0.05, 0) is 25.7 Å². The summed E-state index contributed by atoms with van der Waals surface area (Å²) in [5, 5.41) is 33.4. The smallest absolute Gasteiger partial charge is 0.312 e. The molecule has 29 heavy (non-hydrogen) atoms. The topological polar surface area (TPSA) is 127 Å². The van der Waals surface area contributed by atoms with E-state index in [0.29, 0.717) is 32.2 Å². The Hall–Kier alpha value is -1.93. The third-order valence-corrected chi connectivity index (χ3v) is 5.31. The van der Waals surface area contributed by atoms with Crippen molar-refractivity contribution in [3.8, 4) is 0 Å². The number of hydrogen-bond acceptors (Lipinski definition) is 5. The van der Waals surface area contributed by atoms with Crippen molar-refractivity contribution >= 4 is 17.8 Å². The second-order valence-electron chi connectivity index (χ2n) is 7.51. The minimum atomic E-state index is -1.18. The summed E-state index contributed by atoms with van der Waals surface area (Å²) in [6, 6.07) is 0. The molecule has 0 aliphatic carbocycles. The van der Waals surface area contributed by atoms with Crippen LogP contribution in [0.15, 0.2) is 12.2 Å². The van der Waals surface area contributed by atoms with Gasteiger partial charge in [-0.2, -0.15) is 0 Å². The maximum absolute atomic E-state index is 12.0. The Bertz CT molecular complexity index is 511. The van der Waals surface area contributed by atoms with E-state index in [-0.39, 0.29) is 43.2 Å². The molecule has 8 heteroatoms. The number of carboxylic acid groups (broad SMARTS) is 2. The van der Waals surface area contributed by atoms with Crippen molar-refractivity contribution in [2.45, 2.75) is 52.9 Å². The highest BCUT2D eigenvalue weighted by molar-refractivity contribution is 5.76. The molecule has 0 aromatic carbocycles. The van der Waals surface area contributed by atoms with Gasteiger partial charge in [-0.1, -0.05) is 32.9 Å². The Morgan fingerprint density at radius 2 is 1.66 bits per heavy atom. The van der Waals surface area contributed by atoms with E-state index >= 15 is 0 Å². The first-order chi connectivity index (χ1) is 13.7. The molecule has 8 nitrogen and oxygen atoms in total. The van der Waals surface area contributed by atoms with E-state index in [4.69, 9.17) is 0 Å². The van der Waals surface area contributed by atoms with Gasteiger partial charge in [-0.3, -0.25) is 9.59 Å². The van der Waals surface area contributed by atoms with Crippen LogP contribution >= 0.6 is 0 Å². The van der Waals surface area contributed by atoms with E-state index in [1.165, 1.54) is 0 Å². The number of aliphatic carboxylic acids is 2. The lowest BCUT2D eigenvalue weighted by Crippen LogP contribution is -2.59. The highest BCUT2D eigenvalue weighted by Crippen LogP contribution is 2.19. The van der Waals surface area contributed by atoms with E-state index in [1.807, 2.05) is 19.1 Å². The molecule has 0 rings (SSSR count). The third kappa shape index (κ3) is 11.0. The van der Waals surface area contributed by atoms with Crippen LogP contribution in [0.3, 0.4) is 0 Å². The lowest BCUT2D eigenvalue weighted by Gasteiger charge is -2.42. The summed E-state index contributed by atoms with van der Waals surface area (Å²) in [5.41, 5.74) is 0. The molecule has 3 atom stereocenters. The van der Waals surface area contributed by atoms with Gasteiger partial charge in [0.2, 0.25) is 5.91 Å². The quantitative estimate of drug-likeness (QED) is 0.236. The number of quaternary nitrogens is 1. The third-order valence-electron chi connectivity index (χ3n) is 5.31. The second-order valence-corrected chi connectivity index (χ2v) is 7.51. The Kier molecular flexibility index (Phi) is 14.0. The Balaban J connectivity index is 5.25. The van der Waals surface area contributed by atoms with Crippen LogP contribution < -0.4 is 10.4 Å². The Morgan fingerprint density at radius 1 is 1.03 bits per heavy atom. The summed E-state index contributed by atoms with van der Waals surface area (Å²) < 4.78 is 0.115. The number of carbonyl (C=O) groups excluding carboxylic acids is 2. The molecule has 0 bridgehead atoms. The van der Waals surface area contributed by atoms with Gasteiger partial charge >= 0.3 is 5.97 Å². The van der Waals surface area contributed by atoms with Crippen molar-refractivity contribution in [1.82, 2.24) is 5.32 Å². The van der Waals surface area contributed by atoms with E-state index in [2.05, 4.69) is 5.32 Å². The van der Waals surface area contributed by atoms with Gasteiger partial charge in [0, 0.05) is 12.3 Å². The predicted octanol–water partition coefficient (Wildman–Crippen LogP) is 0.545. The van der Waals surface area contributed by atoms with Gasteiger partial charge < -0.3 is 29.9 Å². The molecule has 0 aliphatic rings. The summed E-state index contributed by atoms with van der Waals surface area (Å²) in [6.45, 7) is 6.57. The van der Waals surface area contributed by atoms with Crippen LogP contribution in [0.1, 0.15) is 52.9 Å². The monoisotopic (exact) mass is 414 g/mol. The maximum Gasteiger partial charge on any atom is 0.312 e. The molecule has 0 saturated carbocycles. The molecule has 3 N–H and O–H groups in total. The highest BCUT2D eigenvalue weighted by atomic mass is 16.4. The number of aliphatic hydroxyl groups is 1. The first-order valence-corrected chi connectivity index (χ1v) is 10.6. The molecule has 0 saturated heterocycles. The summed E-state index contributed by atoms with van der Waals surface area (Å²) in [4.78, 5) is 35.1. The van der Waals surface area contributed by atoms with Crippen molar-refractivity contribution in [2.75, 3.05) is 39.3 Å². The molecule has 168 valence electrons. The minimum absolute atomic E-state index is 0.106. The lowest BCUT2D eigenvalue weighted by atomic mass is 9.99. The number of rotatable bonds is 17. The molecule has 0 aliphatic heterocycles. The van der Waals surface area contributed by atoms with Crippen LogP contribution in [-0.4, -0.2) is 71.9 Å². The fourth-order valence-electron chi connectivity index (χ4n) is 3.47. The highest BCUT2D eigenvalue weighted by Gasteiger charge is 2.35. The number of carboxylic acids is 2. The van der Waals surface area contributed by atoms with E-state index in [0.717, 1.165) is 6.42 Å². The number of hydrogen-bond donors (Lipinski definition) is 3. The summed E-state index contributed by atoms with van der Waals surface area (Å²) in [7, 11) is 0. The van der Waals surface area contributed by atoms with Crippen LogP contribution in [-0.2, 0) is 14.4 Å². The predicted molar refractivity (Wildman–Crippen MR) is 109 cm³/mol. The molecule has 0 spiro atoms. The fourth-order valence-corrected chi connectivity index (χ4v) is 3.47. The van der Waals surface area contributed by atoms with E-state index in [1.54, 1.807) is 13.8 Å². The van der Waals surface area contributed by atoms with Crippen molar-refractivity contribution in [1.29, 1.82) is 0 Å². The van der Waals surface area contributed by atoms with Gasteiger partial charge in [0.1, 0.15) is 12.5 Å². The van der Waals surface area contributed by atoms with Crippen molar-refractivity contribution in [3.05, 3.63) is 12.2 Å². The lowest BCUT2D eigenvalue weighted by molar-refractivity contribution is -0.932. The molecule has 3 unspecified atom stereocenters. The van der Waals surface area contributed by atoms with Gasteiger partial charge in [-0.25, -0.2) is 0 Å². The molecular weight excluding hydrogens is 376 g/mol. The van der Waals surface area contributed by atoms with E-state index < -0.39 is 23.8 Å². The molecule has 0 aromatic rings. The zero-order valence-corrected chi connectivity index (χ0v) is 18.1. The fraction of sp³-hybridized carbons (Fsp3) is 0.762. The zero-order chi connectivity index (χ0) is 22.3. The molecular formula is C21H38N2O6. The normalized spacial score (nSPS) is 15.6. The number of nitrogens with one attached hydrogen (secondary N) is 1. The van der Waals surface area contributed by atoms with Crippen molar-refractivity contribution in [3.63, 3.8) is 0 Å². The summed E-state index contributed by atoms with van der Waals surface area (Å²) >= 11 is 0. The average Bonchev–Trinajstić information content (AvgIpc) is 2.67. The Labute approximate surface area is 174 Å². The van der Waals surface area contributed by atoms with Crippen LogP contribution in [0.25, 0.3) is 0 Å². The first-order valence-electron chi connectivity index (χ1n) is 10.6. The van der Waals surface area contributed by atoms with Gasteiger partial charge in [0.05, 0.1) is 38.8 Å². The molecule has 0 heterocycles. The number of aliphatic hydroxyl groups excluding tert-OH is 1. The van der Waals surface area contributed by atoms with Gasteiger partial charge in [0.15, 0.2) is 0 Å². The van der Waals surface area contributed by atoms with Crippen LogP contribution in [0.2, 0.25) is 0 Å². The average molecular weight is 415 g/mol. The zero-order valence-electron chi connectivity index (χ0n) is 18.1. The standard InChI is InChI=1S/C21H38N2O6/c1-4-7-8-9-10-19(25)22-11-12-23(13-14-24,15-17(5-2)20(26)27)16-18(6-3)21(28)29/h7-8,17-18,24H,4-6,9-16H2,1-3H3,(H2-,22,25,26,27,28,29)/b8-7+. The molecule has 1 amide bonds. The summed E-state index contributed by atoms with van der Waals surface area (Å²) in [6.07, 6.45) is 6.64. The van der Waals surface area contributed by atoms with Gasteiger partial charge in [0.25, 0.3) is 0 Å². The molecule has 0 aromatic heterocycles. The number of carbonyl (C=O) groups is 3. The largest absolute Gasteiger partial charge is 0.550 e. The summed E-state index contributed by atoms with van der Waals surface area (Å²) in [5.74, 6) is -3.63. The molecule has 0 fully saturated rings. The van der Waals surface area contributed by atoms with Crippen LogP contribution in [0.5, 0.6) is 0 Å².